The minimum atomic E-state index is -0.915. The highest BCUT2D eigenvalue weighted by Gasteiger charge is 2.25. The molecule has 2 rings (SSSR count). The molecule has 0 spiro atoms. The lowest BCUT2D eigenvalue weighted by atomic mass is 10.00. The zero-order valence-corrected chi connectivity index (χ0v) is 12.8. The van der Waals surface area contributed by atoms with Gasteiger partial charge in [0.25, 0.3) is 0 Å². The summed E-state index contributed by atoms with van der Waals surface area (Å²) < 4.78 is 2.25. The molecule has 1 N–H and O–H groups in total. The summed E-state index contributed by atoms with van der Waals surface area (Å²) in [6, 6.07) is 5.18. The first-order valence-corrected chi connectivity index (χ1v) is 7.04. The van der Waals surface area contributed by atoms with Crippen molar-refractivity contribution in [3.05, 3.63) is 29.6 Å². The van der Waals surface area contributed by atoms with Gasteiger partial charge in [0.05, 0.1) is 16.6 Å². The number of carbonyl (C=O) groups is 1. The molecule has 1 aromatic heterocycles. The van der Waals surface area contributed by atoms with Crippen LogP contribution in [0.25, 0.3) is 11.0 Å². The molecule has 108 valence electrons. The predicted octanol–water partition coefficient (Wildman–Crippen LogP) is 4.00. The lowest BCUT2D eigenvalue weighted by Crippen LogP contribution is -2.27. The Morgan fingerprint density at radius 2 is 2.05 bits per heavy atom. The van der Waals surface area contributed by atoms with Gasteiger partial charge in [0.15, 0.2) is 0 Å². The molecule has 0 amide bonds. The maximum atomic E-state index is 11.1. The van der Waals surface area contributed by atoms with Crippen LogP contribution in [0, 0.1) is 0 Å². The van der Waals surface area contributed by atoms with E-state index in [9.17, 15) is 4.79 Å². The third kappa shape index (κ3) is 2.30. The molecular formula is C16H22N2O2. The van der Waals surface area contributed by atoms with E-state index in [-0.39, 0.29) is 11.1 Å². The van der Waals surface area contributed by atoms with Crippen molar-refractivity contribution in [1.82, 2.24) is 9.55 Å². The Labute approximate surface area is 119 Å². The third-order valence-corrected chi connectivity index (χ3v) is 3.91. The summed E-state index contributed by atoms with van der Waals surface area (Å²) in [5, 5.41) is 9.10. The van der Waals surface area contributed by atoms with Gasteiger partial charge in [0, 0.05) is 11.5 Å². The SMILES string of the molecule is CCC(C)(C)n1c(C(C)C)nc2cc(C(=O)O)ccc21. The zero-order valence-electron chi connectivity index (χ0n) is 12.8. The summed E-state index contributed by atoms with van der Waals surface area (Å²) >= 11 is 0. The Kier molecular flexibility index (Phi) is 3.59. The maximum Gasteiger partial charge on any atom is 0.335 e. The number of carboxylic acid groups (broad SMARTS) is 1. The fraction of sp³-hybridized carbons (Fsp3) is 0.500. The van der Waals surface area contributed by atoms with Crippen molar-refractivity contribution in [3.63, 3.8) is 0 Å². The molecule has 0 saturated carbocycles. The van der Waals surface area contributed by atoms with Crippen LogP contribution in [0.2, 0.25) is 0 Å². The van der Waals surface area contributed by atoms with E-state index in [2.05, 4.69) is 44.2 Å². The van der Waals surface area contributed by atoms with E-state index in [0.717, 1.165) is 23.3 Å². The van der Waals surface area contributed by atoms with Crippen molar-refractivity contribution < 1.29 is 9.90 Å². The molecule has 0 unspecified atom stereocenters. The predicted molar refractivity (Wildman–Crippen MR) is 80.4 cm³/mol. The topological polar surface area (TPSA) is 55.1 Å². The molecule has 0 atom stereocenters. The first-order valence-electron chi connectivity index (χ1n) is 7.04. The van der Waals surface area contributed by atoms with Gasteiger partial charge < -0.3 is 9.67 Å². The molecule has 0 saturated heterocycles. The lowest BCUT2D eigenvalue weighted by molar-refractivity contribution is 0.0697. The summed E-state index contributed by atoms with van der Waals surface area (Å²) in [5.41, 5.74) is 2.01. The van der Waals surface area contributed by atoms with Crippen molar-refractivity contribution in [2.45, 2.75) is 52.5 Å². The third-order valence-electron chi connectivity index (χ3n) is 3.91. The molecule has 20 heavy (non-hydrogen) atoms. The standard InChI is InChI=1S/C16H22N2O2/c1-6-16(4,5)18-13-8-7-11(15(19)20)9-12(13)17-14(18)10(2)3/h7-10H,6H2,1-5H3,(H,19,20). The highest BCUT2D eigenvalue weighted by molar-refractivity contribution is 5.92. The van der Waals surface area contributed by atoms with Crippen LogP contribution in [0.5, 0.6) is 0 Å². The van der Waals surface area contributed by atoms with Crippen LogP contribution in [0.3, 0.4) is 0 Å². The fourth-order valence-electron chi connectivity index (χ4n) is 2.41. The van der Waals surface area contributed by atoms with Crippen molar-refractivity contribution in [2.75, 3.05) is 0 Å². The molecule has 1 aromatic carbocycles. The van der Waals surface area contributed by atoms with Crippen LogP contribution in [0.15, 0.2) is 18.2 Å². The van der Waals surface area contributed by atoms with Crippen molar-refractivity contribution in [2.24, 2.45) is 0 Å². The fourth-order valence-corrected chi connectivity index (χ4v) is 2.41. The van der Waals surface area contributed by atoms with Crippen LogP contribution >= 0.6 is 0 Å². The average Bonchev–Trinajstić information content (AvgIpc) is 2.77. The van der Waals surface area contributed by atoms with Gasteiger partial charge in [-0.25, -0.2) is 9.78 Å². The van der Waals surface area contributed by atoms with Crippen LogP contribution in [-0.4, -0.2) is 20.6 Å². The van der Waals surface area contributed by atoms with Crippen molar-refractivity contribution in [3.8, 4) is 0 Å². The van der Waals surface area contributed by atoms with Gasteiger partial charge in [-0.3, -0.25) is 0 Å². The second-order valence-electron chi connectivity index (χ2n) is 6.13. The van der Waals surface area contributed by atoms with Crippen molar-refractivity contribution >= 4 is 17.0 Å². The largest absolute Gasteiger partial charge is 0.478 e. The van der Waals surface area contributed by atoms with Gasteiger partial charge in [-0.15, -0.1) is 0 Å². The Balaban J connectivity index is 2.77. The Hall–Kier alpha value is -1.84. The van der Waals surface area contributed by atoms with E-state index < -0.39 is 5.97 Å². The summed E-state index contributed by atoms with van der Waals surface area (Å²) in [6.45, 7) is 10.8. The highest BCUT2D eigenvalue weighted by Crippen LogP contribution is 2.31. The molecule has 4 heteroatoms. The quantitative estimate of drug-likeness (QED) is 0.916. The van der Waals surface area contributed by atoms with E-state index in [1.165, 1.54) is 0 Å². The molecule has 0 aliphatic carbocycles. The molecule has 0 fully saturated rings. The van der Waals surface area contributed by atoms with Gasteiger partial charge in [-0.2, -0.15) is 0 Å². The van der Waals surface area contributed by atoms with Gasteiger partial charge in [0.2, 0.25) is 0 Å². The number of hydrogen-bond donors (Lipinski definition) is 1. The van der Waals surface area contributed by atoms with Gasteiger partial charge in [0.1, 0.15) is 5.82 Å². The summed E-state index contributed by atoms with van der Waals surface area (Å²) in [7, 11) is 0. The Morgan fingerprint density at radius 1 is 1.40 bits per heavy atom. The van der Waals surface area contributed by atoms with E-state index >= 15 is 0 Å². The number of benzene rings is 1. The van der Waals surface area contributed by atoms with Gasteiger partial charge >= 0.3 is 5.97 Å². The lowest BCUT2D eigenvalue weighted by Gasteiger charge is -2.29. The second-order valence-corrected chi connectivity index (χ2v) is 6.13. The number of carboxylic acids is 1. The first-order chi connectivity index (χ1) is 9.27. The number of hydrogen-bond acceptors (Lipinski definition) is 2. The Bertz CT molecular complexity index is 654. The molecular weight excluding hydrogens is 252 g/mol. The summed E-state index contributed by atoms with van der Waals surface area (Å²) in [5.74, 6) is 0.387. The molecule has 1 heterocycles. The van der Waals surface area contributed by atoms with E-state index in [1.807, 2.05) is 6.07 Å². The second kappa shape index (κ2) is 4.93. The Morgan fingerprint density at radius 3 is 2.55 bits per heavy atom. The monoisotopic (exact) mass is 274 g/mol. The van der Waals surface area contributed by atoms with E-state index in [1.54, 1.807) is 12.1 Å². The highest BCUT2D eigenvalue weighted by atomic mass is 16.4. The molecule has 0 bridgehead atoms. The normalized spacial score (nSPS) is 12.3. The van der Waals surface area contributed by atoms with Crippen LogP contribution in [-0.2, 0) is 5.54 Å². The summed E-state index contributed by atoms with van der Waals surface area (Å²) in [4.78, 5) is 15.8. The van der Waals surface area contributed by atoms with Gasteiger partial charge in [-0.1, -0.05) is 20.8 Å². The number of aromatic nitrogens is 2. The first kappa shape index (κ1) is 14.6. The summed E-state index contributed by atoms with van der Waals surface area (Å²) in [6.07, 6.45) is 0.985. The number of rotatable bonds is 4. The smallest absolute Gasteiger partial charge is 0.335 e. The maximum absolute atomic E-state index is 11.1. The number of aromatic carboxylic acids is 1. The number of nitrogens with zero attached hydrogens (tertiary/aromatic N) is 2. The van der Waals surface area contributed by atoms with Crippen LogP contribution in [0.1, 0.15) is 63.1 Å². The van der Waals surface area contributed by atoms with E-state index in [4.69, 9.17) is 5.11 Å². The number of fused-ring (bicyclic) bond motifs is 1. The van der Waals surface area contributed by atoms with Gasteiger partial charge in [-0.05, 0) is 38.5 Å². The van der Waals surface area contributed by atoms with Crippen LogP contribution in [0.4, 0.5) is 0 Å². The average molecular weight is 274 g/mol. The number of imidazole rings is 1. The van der Waals surface area contributed by atoms with Crippen molar-refractivity contribution in [1.29, 1.82) is 0 Å². The molecule has 0 aliphatic heterocycles. The van der Waals surface area contributed by atoms with Crippen LogP contribution < -0.4 is 0 Å². The zero-order chi connectivity index (χ0) is 15.1. The minimum Gasteiger partial charge on any atom is -0.478 e. The molecule has 0 aliphatic rings. The molecule has 0 radical (unpaired) electrons. The van der Waals surface area contributed by atoms with E-state index in [0.29, 0.717) is 5.92 Å². The molecule has 2 aromatic rings. The minimum absolute atomic E-state index is 0.0426. The molecule has 4 nitrogen and oxygen atoms in total.